The van der Waals surface area contributed by atoms with Gasteiger partial charge in [-0.2, -0.15) is 10.1 Å². The number of aromatic hydroxyl groups is 1. The molecule has 6 atom stereocenters. The zero-order chi connectivity index (χ0) is 31.9. The molecular weight excluding hydrogens is 586 g/mol. The van der Waals surface area contributed by atoms with Crippen molar-refractivity contribution in [3.63, 3.8) is 0 Å². The van der Waals surface area contributed by atoms with E-state index < -0.39 is 58.6 Å². The van der Waals surface area contributed by atoms with E-state index in [-0.39, 0.29) is 23.7 Å². The first-order chi connectivity index (χ1) is 22.2. The van der Waals surface area contributed by atoms with Crippen molar-refractivity contribution in [2.45, 2.75) is 31.6 Å². The number of anilines is 1. The second-order valence-corrected chi connectivity index (χ2v) is 12.9. The Hall–Kier alpha value is -5.22. The Kier molecular flexibility index (Phi) is 6.24. The van der Waals surface area contributed by atoms with Gasteiger partial charge in [0, 0.05) is 17.9 Å². The van der Waals surface area contributed by atoms with Gasteiger partial charge in [0.15, 0.2) is 0 Å². The molecule has 5 aliphatic rings. The molecule has 2 saturated heterocycles. The fourth-order valence-corrected chi connectivity index (χ4v) is 8.55. The molecule has 3 aromatic rings. The van der Waals surface area contributed by atoms with Gasteiger partial charge in [-0.1, -0.05) is 59.7 Å². The molecule has 3 aliphatic heterocycles. The van der Waals surface area contributed by atoms with Gasteiger partial charge < -0.3 is 9.84 Å². The Balaban J connectivity index is 1.34. The summed E-state index contributed by atoms with van der Waals surface area (Å²) in [7, 11) is 0. The highest BCUT2D eigenvalue weighted by Gasteiger charge is 2.70. The largest absolute Gasteiger partial charge is 0.508 e. The predicted molar refractivity (Wildman–Crippen MR) is 164 cm³/mol. The molecule has 0 spiro atoms. The number of nitrogens with one attached hydrogen (secondary N) is 1. The molecule has 2 aliphatic carbocycles. The van der Waals surface area contributed by atoms with E-state index in [1.54, 1.807) is 30.5 Å². The van der Waals surface area contributed by atoms with Crippen molar-refractivity contribution in [3.05, 3.63) is 113 Å². The van der Waals surface area contributed by atoms with Gasteiger partial charge in [0.25, 0.3) is 23.6 Å². The first kappa shape index (κ1) is 28.3. The Labute approximate surface area is 264 Å². The van der Waals surface area contributed by atoms with Crippen molar-refractivity contribution in [1.82, 2.24) is 10.1 Å². The van der Waals surface area contributed by atoms with Crippen LogP contribution in [0.15, 0.2) is 96.3 Å². The summed E-state index contributed by atoms with van der Waals surface area (Å²) < 4.78 is 6.10. The maximum Gasteiger partial charge on any atom is 0.260 e. The molecule has 10 nitrogen and oxygen atoms in total. The first-order valence-corrected chi connectivity index (χ1v) is 15.4. The molecule has 46 heavy (non-hydrogen) atoms. The minimum absolute atomic E-state index is 0.0687. The number of rotatable bonds is 4. The number of aryl methyl sites for hydroxylation is 1. The van der Waals surface area contributed by atoms with Gasteiger partial charge in [0.05, 0.1) is 35.1 Å². The molecule has 3 fully saturated rings. The van der Waals surface area contributed by atoms with Crippen molar-refractivity contribution < 1.29 is 34.2 Å². The van der Waals surface area contributed by atoms with E-state index in [9.17, 15) is 24.7 Å². The summed E-state index contributed by atoms with van der Waals surface area (Å²) in [6.07, 6.45) is 4.21. The highest BCUT2D eigenvalue weighted by molar-refractivity contribution is 6.13. The number of ether oxygens (including phenoxy) is 1. The van der Waals surface area contributed by atoms with Gasteiger partial charge in [0.2, 0.25) is 0 Å². The average Bonchev–Trinajstić information content (AvgIpc) is 3.42. The summed E-state index contributed by atoms with van der Waals surface area (Å²) in [5.74, 6) is -5.40. The molecule has 3 aromatic carbocycles. The molecule has 0 aromatic heterocycles. The SMILES string of the molecule is Cc1ccc(NN2C(=O)C3CC4C(=CCC5C(=O)N(O)C(=O)C54)C(C4=COc5ccc(O)cc5C4)C3(c3ccccc3)C2=O)cc1. The highest BCUT2D eigenvalue weighted by Crippen LogP contribution is 2.63. The molecule has 0 bridgehead atoms. The van der Waals surface area contributed by atoms with Gasteiger partial charge in [0.1, 0.15) is 11.5 Å². The number of hydrogen-bond acceptors (Lipinski definition) is 8. The van der Waals surface area contributed by atoms with Gasteiger partial charge >= 0.3 is 0 Å². The first-order valence-electron chi connectivity index (χ1n) is 15.4. The molecule has 0 radical (unpaired) electrons. The monoisotopic (exact) mass is 617 g/mol. The molecule has 6 unspecified atom stereocenters. The summed E-state index contributed by atoms with van der Waals surface area (Å²) in [6.45, 7) is 1.95. The van der Waals surface area contributed by atoms with E-state index >= 15 is 4.79 Å². The van der Waals surface area contributed by atoms with E-state index in [2.05, 4.69) is 5.43 Å². The summed E-state index contributed by atoms with van der Waals surface area (Å²) in [4.78, 5) is 56.0. The molecular formula is C36H31N3O7. The third-order valence-electron chi connectivity index (χ3n) is 10.5. The third-order valence-corrected chi connectivity index (χ3v) is 10.5. The number of benzene rings is 3. The quantitative estimate of drug-likeness (QED) is 0.222. The van der Waals surface area contributed by atoms with E-state index in [4.69, 9.17) is 4.74 Å². The van der Waals surface area contributed by atoms with Crippen molar-refractivity contribution in [3.8, 4) is 11.5 Å². The van der Waals surface area contributed by atoms with Crippen molar-refractivity contribution in [2.75, 3.05) is 5.43 Å². The fourth-order valence-electron chi connectivity index (χ4n) is 8.55. The summed E-state index contributed by atoms with van der Waals surface area (Å²) in [6, 6.07) is 21.5. The topological polar surface area (TPSA) is 136 Å². The summed E-state index contributed by atoms with van der Waals surface area (Å²) >= 11 is 0. The lowest BCUT2D eigenvalue weighted by atomic mass is 9.48. The lowest BCUT2D eigenvalue weighted by Crippen LogP contribution is -2.55. The molecule has 8 rings (SSSR count). The molecule has 3 heterocycles. The van der Waals surface area contributed by atoms with Gasteiger partial charge in [-0.25, -0.2) is 0 Å². The highest BCUT2D eigenvalue weighted by atomic mass is 16.5. The predicted octanol–water partition coefficient (Wildman–Crippen LogP) is 4.43. The number of carbonyl (C=O) groups is 4. The van der Waals surface area contributed by atoms with E-state index in [1.807, 2.05) is 55.5 Å². The zero-order valence-corrected chi connectivity index (χ0v) is 24.9. The van der Waals surface area contributed by atoms with Crippen LogP contribution in [0.2, 0.25) is 0 Å². The molecule has 3 N–H and O–H groups in total. The molecule has 10 heteroatoms. The molecule has 4 amide bonds. The Morgan fingerprint density at radius 3 is 2.43 bits per heavy atom. The summed E-state index contributed by atoms with van der Waals surface area (Å²) in [5, 5.41) is 22.0. The lowest BCUT2D eigenvalue weighted by Gasteiger charge is -2.51. The number of phenols is 1. The Morgan fingerprint density at radius 1 is 0.913 bits per heavy atom. The number of fused-ring (bicyclic) bond motifs is 5. The average molecular weight is 618 g/mol. The van der Waals surface area contributed by atoms with Gasteiger partial charge in [-0.15, -0.1) is 0 Å². The smallest absolute Gasteiger partial charge is 0.260 e. The third kappa shape index (κ3) is 3.86. The minimum atomic E-state index is -1.42. The van der Waals surface area contributed by atoms with E-state index in [0.717, 1.165) is 16.1 Å². The van der Waals surface area contributed by atoms with Crippen LogP contribution in [-0.4, -0.2) is 44.0 Å². The maximum absolute atomic E-state index is 15.1. The number of hydrazine groups is 1. The van der Waals surface area contributed by atoms with E-state index in [1.165, 1.54) is 6.07 Å². The van der Waals surface area contributed by atoms with Crippen LogP contribution in [0.5, 0.6) is 11.5 Å². The number of amides is 4. The van der Waals surface area contributed by atoms with Crippen molar-refractivity contribution >= 4 is 29.3 Å². The number of carbonyl (C=O) groups excluding carboxylic acids is 4. The Morgan fingerprint density at radius 2 is 1.67 bits per heavy atom. The van der Waals surface area contributed by atoms with Crippen LogP contribution >= 0.6 is 0 Å². The normalized spacial score (nSPS) is 29.7. The van der Waals surface area contributed by atoms with Gasteiger partial charge in [-0.05, 0) is 67.2 Å². The Bertz CT molecular complexity index is 1880. The van der Waals surface area contributed by atoms with Crippen LogP contribution in [0.25, 0.3) is 0 Å². The minimum Gasteiger partial charge on any atom is -0.508 e. The van der Waals surface area contributed by atoms with Crippen LogP contribution in [0.4, 0.5) is 5.69 Å². The number of hydrogen-bond donors (Lipinski definition) is 3. The maximum atomic E-state index is 15.1. The fraction of sp³-hybridized carbons (Fsp3) is 0.278. The number of phenolic OH excluding ortho intramolecular Hbond substituents is 1. The molecule has 232 valence electrons. The number of imide groups is 2. The van der Waals surface area contributed by atoms with Gasteiger partial charge in [-0.3, -0.25) is 29.8 Å². The second kappa shape index (κ2) is 10.1. The van der Waals surface area contributed by atoms with Crippen LogP contribution in [0.3, 0.4) is 0 Å². The van der Waals surface area contributed by atoms with Crippen LogP contribution in [0, 0.1) is 36.5 Å². The number of allylic oxidation sites excluding steroid dienone is 3. The number of hydroxylamine groups is 2. The zero-order valence-electron chi connectivity index (χ0n) is 24.9. The van der Waals surface area contributed by atoms with Crippen LogP contribution in [-0.2, 0) is 31.0 Å². The van der Waals surface area contributed by atoms with Crippen molar-refractivity contribution in [1.29, 1.82) is 0 Å². The lowest BCUT2D eigenvalue weighted by molar-refractivity contribution is -0.173. The number of nitrogens with zero attached hydrogens (tertiary/aromatic N) is 2. The summed E-state index contributed by atoms with van der Waals surface area (Å²) in [5.41, 5.74) is 6.10. The standard InChI is InChI=1S/C36H31N3O7/c1-19-7-9-23(10-8-19)37-38-33(42)28-17-27-25(12-13-26-30(27)34(43)39(45)32(26)41)31(36(28,35(38)44)22-5-3-2-4-6-22)21-15-20-16-24(40)11-14-29(20)46-18-21/h2-12,14,16,18,26-28,30-31,37,40,45H,13,15,17H2,1H3. The van der Waals surface area contributed by atoms with E-state index in [0.29, 0.717) is 34.6 Å². The second-order valence-electron chi connectivity index (χ2n) is 12.9. The van der Waals surface area contributed by atoms with Crippen molar-refractivity contribution in [2.24, 2.45) is 29.6 Å². The van der Waals surface area contributed by atoms with Crippen LogP contribution in [0.1, 0.15) is 29.5 Å². The molecule has 1 saturated carbocycles. The van der Waals surface area contributed by atoms with Crippen LogP contribution < -0.4 is 10.2 Å².